The van der Waals surface area contributed by atoms with E-state index in [0.29, 0.717) is 17.0 Å². The van der Waals surface area contributed by atoms with Gasteiger partial charge in [0.2, 0.25) is 0 Å². The van der Waals surface area contributed by atoms with Crippen molar-refractivity contribution in [3.8, 4) is 11.1 Å². The number of halogens is 3. The number of alkyl halides is 3. The summed E-state index contributed by atoms with van der Waals surface area (Å²) in [5.41, 5.74) is 1.29. The molecule has 1 heterocycles. The van der Waals surface area contributed by atoms with Crippen LogP contribution in [0.25, 0.3) is 21.9 Å². The molecule has 4 rings (SSSR count). The Morgan fingerprint density at radius 2 is 1.83 bits per heavy atom. The van der Waals surface area contributed by atoms with E-state index in [0.717, 1.165) is 28.5 Å². The maximum Gasteiger partial charge on any atom is 0.416 e. The number of H-pyrrole nitrogens is 1. The van der Waals surface area contributed by atoms with Gasteiger partial charge < -0.3 is 10.3 Å². The van der Waals surface area contributed by atoms with E-state index in [1.807, 2.05) is 31.2 Å². The van der Waals surface area contributed by atoms with Gasteiger partial charge in [-0.1, -0.05) is 36.4 Å². The lowest BCUT2D eigenvalue weighted by Gasteiger charge is -2.13. The minimum Gasteiger partial charge on any atom is -0.347 e. The Kier molecular flexibility index (Phi) is 5.03. The lowest BCUT2D eigenvalue weighted by Crippen LogP contribution is -2.27. The molecule has 0 bridgehead atoms. The molecule has 0 aliphatic rings. The second kappa shape index (κ2) is 7.67. The van der Waals surface area contributed by atoms with Crippen LogP contribution >= 0.6 is 0 Å². The number of hydrogen-bond acceptors (Lipinski definition) is 2. The minimum atomic E-state index is -4.37. The molecule has 7 heteroatoms. The Balaban J connectivity index is 1.63. The molecule has 1 unspecified atom stereocenters. The SMILES string of the molecule is CC(NC(=O)c1ccc2c(-c3ccc(C(F)(F)F)cc3)cccc2c1)c1ncc[nH]1. The highest BCUT2D eigenvalue weighted by molar-refractivity contribution is 6.02. The minimum absolute atomic E-state index is 0.235. The fourth-order valence-corrected chi connectivity index (χ4v) is 3.38. The lowest BCUT2D eigenvalue weighted by atomic mass is 9.96. The van der Waals surface area contributed by atoms with Crippen molar-refractivity contribution in [2.75, 3.05) is 0 Å². The van der Waals surface area contributed by atoms with Crippen LogP contribution in [0.3, 0.4) is 0 Å². The topological polar surface area (TPSA) is 57.8 Å². The van der Waals surface area contributed by atoms with Gasteiger partial charge in [0.25, 0.3) is 5.91 Å². The number of nitrogens with zero attached hydrogens (tertiary/aromatic N) is 1. The molecule has 152 valence electrons. The average molecular weight is 409 g/mol. The molecule has 0 aliphatic heterocycles. The van der Waals surface area contributed by atoms with Crippen LogP contribution in [0.1, 0.15) is 34.7 Å². The summed E-state index contributed by atoms with van der Waals surface area (Å²) >= 11 is 0. The van der Waals surface area contributed by atoms with E-state index >= 15 is 0 Å². The number of nitrogens with one attached hydrogen (secondary N) is 2. The second-order valence-corrected chi connectivity index (χ2v) is 6.99. The van der Waals surface area contributed by atoms with Gasteiger partial charge in [-0.2, -0.15) is 13.2 Å². The summed E-state index contributed by atoms with van der Waals surface area (Å²) in [5.74, 6) is 0.425. The van der Waals surface area contributed by atoms with Gasteiger partial charge in [0.05, 0.1) is 11.6 Å². The van der Waals surface area contributed by atoms with Gasteiger partial charge in [-0.15, -0.1) is 0 Å². The van der Waals surface area contributed by atoms with Gasteiger partial charge in [-0.05, 0) is 53.1 Å². The van der Waals surface area contributed by atoms with E-state index in [1.54, 1.807) is 24.5 Å². The van der Waals surface area contributed by atoms with Crippen LogP contribution in [-0.2, 0) is 6.18 Å². The van der Waals surface area contributed by atoms with Crippen LogP contribution in [-0.4, -0.2) is 15.9 Å². The number of imidazole rings is 1. The number of carbonyl (C=O) groups excluding carboxylic acids is 1. The molecule has 3 aromatic carbocycles. The molecule has 0 radical (unpaired) electrons. The first-order valence-corrected chi connectivity index (χ1v) is 9.33. The predicted octanol–water partition coefficient (Wildman–Crippen LogP) is 5.74. The number of fused-ring (bicyclic) bond motifs is 1. The first-order valence-electron chi connectivity index (χ1n) is 9.33. The molecule has 1 aromatic heterocycles. The van der Waals surface area contributed by atoms with Crippen molar-refractivity contribution >= 4 is 16.7 Å². The van der Waals surface area contributed by atoms with E-state index in [2.05, 4.69) is 15.3 Å². The molecule has 0 spiro atoms. The molecule has 30 heavy (non-hydrogen) atoms. The molecule has 0 fully saturated rings. The first-order chi connectivity index (χ1) is 14.3. The molecular formula is C23H18F3N3O. The Morgan fingerprint density at radius 1 is 1.07 bits per heavy atom. The van der Waals surface area contributed by atoms with E-state index in [1.165, 1.54) is 12.1 Å². The third-order valence-electron chi connectivity index (χ3n) is 4.94. The fourth-order valence-electron chi connectivity index (χ4n) is 3.38. The van der Waals surface area contributed by atoms with E-state index in [-0.39, 0.29) is 11.9 Å². The van der Waals surface area contributed by atoms with Crippen molar-refractivity contribution in [2.24, 2.45) is 0 Å². The van der Waals surface area contributed by atoms with Crippen molar-refractivity contribution in [3.63, 3.8) is 0 Å². The van der Waals surface area contributed by atoms with Gasteiger partial charge >= 0.3 is 6.18 Å². The van der Waals surface area contributed by atoms with Gasteiger partial charge in [0.1, 0.15) is 5.82 Å². The van der Waals surface area contributed by atoms with Gasteiger partial charge in [-0.3, -0.25) is 4.79 Å². The van der Waals surface area contributed by atoms with Crippen molar-refractivity contribution in [2.45, 2.75) is 19.1 Å². The maximum absolute atomic E-state index is 12.8. The Bertz CT molecular complexity index is 1180. The van der Waals surface area contributed by atoms with Gasteiger partial charge in [0, 0.05) is 18.0 Å². The summed E-state index contributed by atoms with van der Waals surface area (Å²) in [6.07, 6.45) is -1.06. The second-order valence-electron chi connectivity index (χ2n) is 6.99. The summed E-state index contributed by atoms with van der Waals surface area (Å²) in [7, 11) is 0. The van der Waals surface area contributed by atoms with Crippen LogP contribution < -0.4 is 5.32 Å². The molecule has 0 aliphatic carbocycles. The number of benzene rings is 3. The third-order valence-corrected chi connectivity index (χ3v) is 4.94. The van der Waals surface area contributed by atoms with Crippen LogP contribution in [0.2, 0.25) is 0 Å². The Hall–Kier alpha value is -3.61. The molecule has 4 aromatic rings. The zero-order valence-corrected chi connectivity index (χ0v) is 16.0. The van der Waals surface area contributed by atoms with E-state index in [9.17, 15) is 18.0 Å². The summed E-state index contributed by atoms with van der Waals surface area (Å²) in [6.45, 7) is 1.83. The maximum atomic E-state index is 12.8. The number of amides is 1. The number of rotatable bonds is 4. The van der Waals surface area contributed by atoms with E-state index in [4.69, 9.17) is 0 Å². The summed E-state index contributed by atoms with van der Waals surface area (Å²) in [6, 6.07) is 15.6. The van der Waals surface area contributed by atoms with Crippen LogP contribution in [0.5, 0.6) is 0 Å². The number of carbonyl (C=O) groups is 1. The molecule has 0 saturated heterocycles. The standard InChI is InChI=1S/C23H18F3N3O/c1-14(21-27-11-12-28-21)29-22(30)17-7-10-20-16(13-17)3-2-4-19(20)15-5-8-18(9-6-15)23(24,25)26/h2-14H,1H3,(H,27,28)(H,29,30). The summed E-state index contributed by atoms with van der Waals surface area (Å²) in [4.78, 5) is 19.7. The molecule has 4 nitrogen and oxygen atoms in total. The molecule has 1 amide bonds. The number of aromatic nitrogens is 2. The Labute approximate surface area is 170 Å². The summed E-state index contributed by atoms with van der Waals surface area (Å²) in [5, 5.41) is 4.57. The zero-order chi connectivity index (χ0) is 21.3. The number of hydrogen-bond donors (Lipinski definition) is 2. The van der Waals surface area contributed by atoms with Gasteiger partial charge in [-0.25, -0.2) is 4.98 Å². The van der Waals surface area contributed by atoms with Crippen molar-refractivity contribution in [1.82, 2.24) is 15.3 Å². The van der Waals surface area contributed by atoms with Crippen LogP contribution in [0.15, 0.2) is 73.1 Å². The first kappa shape index (κ1) is 19.7. The van der Waals surface area contributed by atoms with Crippen molar-refractivity contribution in [1.29, 1.82) is 0 Å². The molecular weight excluding hydrogens is 391 g/mol. The van der Waals surface area contributed by atoms with Crippen molar-refractivity contribution < 1.29 is 18.0 Å². The smallest absolute Gasteiger partial charge is 0.347 e. The highest BCUT2D eigenvalue weighted by Gasteiger charge is 2.30. The van der Waals surface area contributed by atoms with Gasteiger partial charge in [0.15, 0.2) is 0 Å². The fraction of sp³-hybridized carbons (Fsp3) is 0.130. The summed E-state index contributed by atoms with van der Waals surface area (Å²) < 4.78 is 38.5. The predicted molar refractivity (Wildman–Crippen MR) is 109 cm³/mol. The highest BCUT2D eigenvalue weighted by atomic mass is 19.4. The van der Waals surface area contributed by atoms with Crippen LogP contribution in [0.4, 0.5) is 13.2 Å². The zero-order valence-electron chi connectivity index (χ0n) is 16.0. The quantitative estimate of drug-likeness (QED) is 0.452. The van der Waals surface area contributed by atoms with E-state index < -0.39 is 11.7 Å². The average Bonchev–Trinajstić information content (AvgIpc) is 3.27. The lowest BCUT2D eigenvalue weighted by molar-refractivity contribution is -0.137. The van der Waals surface area contributed by atoms with Crippen molar-refractivity contribution in [3.05, 3.63) is 90.0 Å². The highest BCUT2D eigenvalue weighted by Crippen LogP contribution is 2.33. The molecule has 2 N–H and O–H groups in total. The number of aromatic amines is 1. The Morgan fingerprint density at radius 3 is 2.50 bits per heavy atom. The largest absolute Gasteiger partial charge is 0.416 e. The van der Waals surface area contributed by atoms with Crippen LogP contribution in [0, 0.1) is 0 Å². The molecule has 0 saturated carbocycles. The normalized spacial score (nSPS) is 12.7. The molecule has 1 atom stereocenters. The third kappa shape index (κ3) is 3.91. The monoisotopic (exact) mass is 409 g/mol.